The van der Waals surface area contributed by atoms with Gasteiger partial charge in [-0.05, 0) is 56.3 Å². The number of carbonyl (C=O) groups is 3. The summed E-state index contributed by atoms with van der Waals surface area (Å²) >= 11 is 0. The molecule has 4 aliphatic carbocycles. The Morgan fingerprint density at radius 1 is 1.26 bits per heavy atom. The zero-order chi connectivity index (χ0) is 22.8. The Hall–Kier alpha value is -2.05. The van der Waals surface area contributed by atoms with Crippen LogP contribution in [-0.2, 0) is 19.1 Å². The minimum atomic E-state index is -1.46. The van der Waals surface area contributed by atoms with E-state index in [1.807, 2.05) is 26.8 Å². The monoisotopic (exact) mass is 428 g/mol. The van der Waals surface area contributed by atoms with Crippen LogP contribution in [0.2, 0.25) is 0 Å². The van der Waals surface area contributed by atoms with Crippen LogP contribution in [0.5, 0.6) is 0 Å². The van der Waals surface area contributed by atoms with Gasteiger partial charge in [0.2, 0.25) is 5.78 Å². The molecular formula is C25H32O6. The molecule has 0 bridgehead atoms. The summed E-state index contributed by atoms with van der Waals surface area (Å²) in [5.74, 6) is -1.33. The van der Waals surface area contributed by atoms with E-state index < -0.39 is 40.9 Å². The van der Waals surface area contributed by atoms with Crippen LogP contribution in [0.4, 0.5) is 0 Å². The number of Topliss-reactive ketones (excluding diaryl/α,β-unsaturated/α-hetero) is 1. The highest BCUT2D eigenvalue weighted by molar-refractivity contribution is 6.01. The molecule has 6 heteroatoms. The quantitative estimate of drug-likeness (QED) is 0.528. The Bertz CT molecular complexity index is 942. The predicted octanol–water partition coefficient (Wildman–Crippen LogP) is 2.83. The summed E-state index contributed by atoms with van der Waals surface area (Å²) in [6.07, 6.45) is 6.77. The summed E-state index contributed by atoms with van der Waals surface area (Å²) in [5.41, 5.74) is 0.264. The van der Waals surface area contributed by atoms with Gasteiger partial charge in [-0.25, -0.2) is 0 Å². The molecular weight excluding hydrogens is 396 g/mol. The van der Waals surface area contributed by atoms with E-state index in [-0.39, 0.29) is 30.5 Å². The van der Waals surface area contributed by atoms with Crippen LogP contribution < -0.4 is 0 Å². The Labute approximate surface area is 183 Å². The lowest BCUT2D eigenvalue weighted by Gasteiger charge is -2.54. The fourth-order valence-corrected chi connectivity index (χ4v) is 7.14. The molecule has 0 aliphatic heterocycles. The summed E-state index contributed by atoms with van der Waals surface area (Å²) in [6, 6.07) is 0. The number of allylic oxidation sites excluding steroid dienone is 5. The smallest absolute Gasteiger partial charge is 0.306 e. The van der Waals surface area contributed by atoms with Crippen LogP contribution in [0.25, 0.3) is 0 Å². The first-order valence-electron chi connectivity index (χ1n) is 11.3. The number of ketones is 2. The number of hydrogen-bond donors (Lipinski definition) is 2. The zero-order valence-electron chi connectivity index (χ0n) is 18.7. The van der Waals surface area contributed by atoms with E-state index in [1.54, 1.807) is 19.1 Å². The van der Waals surface area contributed by atoms with Gasteiger partial charge in [0.25, 0.3) is 0 Å². The zero-order valence-corrected chi connectivity index (χ0v) is 18.7. The third-order valence-corrected chi connectivity index (χ3v) is 8.53. The van der Waals surface area contributed by atoms with Gasteiger partial charge >= 0.3 is 5.97 Å². The number of fused-ring (bicyclic) bond motifs is 4. The van der Waals surface area contributed by atoms with Crippen LogP contribution >= 0.6 is 0 Å². The SMILES string of the molecule is CCC(=O)O[C@@]1(C(=O)CO)[C@H](C)C[C@H]2C3=C([C@@H](O)C[C@@]21C)[C@@]1(C)C=CC(=O)C=C1CC3. The molecule has 2 N–H and O–H groups in total. The van der Waals surface area contributed by atoms with E-state index in [0.717, 1.165) is 23.1 Å². The van der Waals surface area contributed by atoms with E-state index >= 15 is 0 Å². The molecule has 0 aromatic heterocycles. The number of aliphatic hydroxyl groups excluding tert-OH is 2. The van der Waals surface area contributed by atoms with E-state index in [9.17, 15) is 24.6 Å². The molecule has 4 aliphatic rings. The first-order valence-corrected chi connectivity index (χ1v) is 11.3. The van der Waals surface area contributed by atoms with Crippen molar-refractivity contribution < 1.29 is 29.3 Å². The number of ether oxygens (including phenoxy) is 1. The maximum Gasteiger partial charge on any atom is 0.306 e. The maximum atomic E-state index is 13.2. The van der Waals surface area contributed by atoms with Gasteiger partial charge in [-0.1, -0.05) is 38.0 Å². The van der Waals surface area contributed by atoms with E-state index in [4.69, 9.17) is 4.74 Å². The number of hydrogen-bond acceptors (Lipinski definition) is 6. The van der Waals surface area contributed by atoms with Crippen LogP contribution in [0.3, 0.4) is 0 Å². The Morgan fingerprint density at radius 2 is 1.97 bits per heavy atom. The molecule has 0 radical (unpaired) electrons. The fourth-order valence-electron chi connectivity index (χ4n) is 7.14. The largest absolute Gasteiger partial charge is 0.450 e. The van der Waals surface area contributed by atoms with Gasteiger partial charge in [0.1, 0.15) is 6.61 Å². The highest BCUT2D eigenvalue weighted by Crippen LogP contribution is 2.67. The van der Waals surface area contributed by atoms with Crippen LogP contribution in [0, 0.1) is 22.7 Å². The predicted molar refractivity (Wildman–Crippen MR) is 114 cm³/mol. The highest BCUT2D eigenvalue weighted by atomic mass is 16.6. The molecule has 31 heavy (non-hydrogen) atoms. The van der Waals surface area contributed by atoms with Crippen molar-refractivity contribution in [1.82, 2.24) is 0 Å². The molecule has 0 aromatic rings. The lowest BCUT2D eigenvalue weighted by Crippen LogP contribution is -2.61. The van der Waals surface area contributed by atoms with Gasteiger partial charge in [0.15, 0.2) is 11.4 Å². The first-order chi connectivity index (χ1) is 14.5. The molecule has 1 fully saturated rings. The third-order valence-electron chi connectivity index (χ3n) is 8.53. The molecule has 0 spiro atoms. The lowest BCUT2D eigenvalue weighted by atomic mass is 9.52. The minimum absolute atomic E-state index is 0.0276. The van der Waals surface area contributed by atoms with E-state index in [1.165, 1.54) is 0 Å². The summed E-state index contributed by atoms with van der Waals surface area (Å²) < 4.78 is 5.91. The van der Waals surface area contributed by atoms with Crippen molar-refractivity contribution in [2.75, 3.05) is 6.61 Å². The average molecular weight is 429 g/mol. The van der Waals surface area contributed by atoms with Crippen molar-refractivity contribution in [2.24, 2.45) is 22.7 Å². The molecule has 0 aromatic carbocycles. The minimum Gasteiger partial charge on any atom is -0.450 e. The molecule has 4 rings (SSSR count). The summed E-state index contributed by atoms with van der Waals surface area (Å²) in [5, 5.41) is 21.3. The van der Waals surface area contributed by atoms with Crippen LogP contribution in [0.1, 0.15) is 59.8 Å². The van der Waals surface area contributed by atoms with E-state index in [2.05, 4.69) is 0 Å². The number of carbonyl (C=O) groups excluding carboxylic acids is 3. The van der Waals surface area contributed by atoms with E-state index in [0.29, 0.717) is 12.8 Å². The summed E-state index contributed by atoms with van der Waals surface area (Å²) in [7, 11) is 0. The molecule has 0 unspecified atom stereocenters. The second-order valence-electron chi connectivity index (χ2n) is 10.0. The normalized spacial score (nSPS) is 41.3. The third kappa shape index (κ3) is 2.80. The Kier molecular flexibility index (Phi) is 5.17. The first kappa shape index (κ1) is 22.2. The van der Waals surface area contributed by atoms with Crippen molar-refractivity contribution >= 4 is 17.5 Å². The number of esters is 1. The van der Waals surface area contributed by atoms with Crippen molar-refractivity contribution in [3.05, 3.63) is 34.9 Å². The molecule has 168 valence electrons. The molecule has 1 saturated carbocycles. The Balaban J connectivity index is 1.88. The maximum absolute atomic E-state index is 13.2. The van der Waals surface area contributed by atoms with Crippen molar-refractivity contribution in [1.29, 1.82) is 0 Å². The fraction of sp³-hybridized carbons (Fsp3) is 0.640. The van der Waals surface area contributed by atoms with Gasteiger partial charge < -0.3 is 14.9 Å². The number of rotatable bonds is 4. The van der Waals surface area contributed by atoms with Gasteiger partial charge in [-0.15, -0.1) is 0 Å². The lowest BCUT2D eigenvalue weighted by molar-refractivity contribution is -0.191. The molecule has 0 saturated heterocycles. The summed E-state index contributed by atoms with van der Waals surface area (Å²) in [4.78, 5) is 37.5. The molecule has 0 amide bonds. The second-order valence-corrected chi connectivity index (χ2v) is 10.0. The second kappa shape index (κ2) is 7.24. The molecule has 6 nitrogen and oxygen atoms in total. The van der Waals surface area contributed by atoms with Crippen molar-refractivity contribution in [3.8, 4) is 0 Å². The van der Waals surface area contributed by atoms with Crippen LogP contribution in [-0.4, -0.2) is 46.1 Å². The van der Waals surface area contributed by atoms with Gasteiger partial charge in [-0.2, -0.15) is 0 Å². The van der Waals surface area contributed by atoms with Gasteiger partial charge in [0.05, 0.1) is 6.10 Å². The molecule has 6 atom stereocenters. The number of aliphatic hydroxyl groups is 2. The van der Waals surface area contributed by atoms with Gasteiger partial charge in [0, 0.05) is 23.2 Å². The topological polar surface area (TPSA) is 101 Å². The van der Waals surface area contributed by atoms with Crippen LogP contribution in [0.15, 0.2) is 34.9 Å². The van der Waals surface area contributed by atoms with Gasteiger partial charge in [-0.3, -0.25) is 14.4 Å². The van der Waals surface area contributed by atoms with Crippen molar-refractivity contribution in [3.63, 3.8) is 0 Å². The van der Waals surface area contributed by atoms with Crippen molar-refractivity contribution in [2.45, 2.75) is 71.5 Å². The highest BCUT2D eigenvalue weighted by Gasteiger charge is 2.70. The summed E-state index contributed by atoms with van der Waals surface area (Å²) in [6.45, 7) is 6.85. The standard InChI is InChI=1S/C25H32O6/c1-5-21(30)31-25(20(29)13-26)14(2)10-18-17-7-6-15-11-16(27)8-9-23(15,3)22(17)19(28)12-24(18,25)4/h8-9,11,14,18-19,26,28H,5-7,10,12-13H2,1-4H3/t14-,18+,19+,23+,24+,25-/m1/s1. The average Bonchev–Trinajstić information content (AvgIpc) is 2.94. The molecule has 0 heterocycles. The Morgan fingerprint density at radius 3 is 2.61 bits per heavy atom.